The van der Waals surface area contributed by atoms with Gasteiger partial charge < -0.3 is 5.73 Å². The molecule has 2 N–H and O–H groups in total. The van der Waals surface area contributed by atoms with Gasteiger partial charge in [-0.1, -0.05) is 24.3 Å². The SMILES string of the molecule is C=C1CCN(C/C=C/CN)CC1. The van der Waals surface area contributed by atoms with Gasteiger partial charge in [0.1, 0.15) is 0 Å². The summed E-state index contributed by atoms with van der Waals surface area (Å²) in [5.74, 6) is 0. The van der Waals surface area contributed by atoms with Gasteiger partial charge in [-0.15, -0.1) is 0 Å². The van der Waals surface area contributed by atoms with E-state index in [-0.39, 0.29) is 0 Å². The number of piperidine rings is 1. The Morgan fingerprint density at radius 3 is 2.58 bits per heavy atom. The first-order valence-electron chi connectivity index (χ1n) is 4.57. The lowest BCUT2D eigenvalue weighted by molar-refractivity contribution is 0.283. The number of hydrogen-bond donors (Lipinski definition) is 1. The number of nitrogens with two attached hydrogens (primary N) is 1. The molecule has 0 unspecified atom stereocenters. The van der Waals surface area contributed by atoms with E-state index in [0.717, 1.165) is 32.5 Å². The topological polar surface area (TPSA) is 29.3 Å². The minimum absolute atomic E-state index is 0.653. The van der Waals surface area contributed by atoms with E-state index in [0.29, 0.717) is 6.54 Å². The van der Waals surface area contributed by atoms with Crippen LogP contribution in [-0.4, -0.2) is 31.1 Å². The molecule has 1 saturated heterocycles. The molecule has 0 aromatic heterocycles. The van der Waals surface area contributed by atoms with Crippen LogP contribution < -0.4 is 5.73 Å². The van der Waals surface area contributed by atoms with Gasteiger partial charge in [0.15, 0.2) is 0 Å². The van der Waals surface area contributed by atoms with Crippen molar-refractivity contribution in [1.82, 2.24) is 4.90 Å². The molecule has 2 heteroatoms. The molecular formula is C10H18N2. The van der Waals surface area contributed by atoms with Gasteiger partial charge in [0.25, 0.3) is 0 Å². The summed E-state index contributed by atoms with van der Waals surface area (Å²) in [4.78, 5) is 2.43. The Balaban J connectivity index is 2.17. The predicted molar refractivity (Wildman–Crippen MR) is 53.0 cm³/mol. The van der Waals surface area contributed by atoms with Gasteiger partial charge in [0, 0.05) is 26.2 Å². The lowest BCUT2D eigenvalue weighted by Crippen LogP contribution is -2.30. The summed E-state index contributed by atoms with van der Waals surface area (Å²) in [5, 5.41) is 0. The molecule has 0 aromatic rings. The summed E-state index contributed by atoms with van der Waals surface area (Å²) in [7, 11) is 0. The van der Waals surface area contributed by atoms with Crippen LogP contribution in [0.3, 0.4) is 0 Å². The maximum Gasteiger partial charge on any atom is 0.0163 e. The van der Waals surface area contributed by atoms with Crippen molar-refractivity contribution >= 4 is 0 Å². The van der Waals surface area contributed by atoms with Crippen LogP contribution in [-0.2, 0) is 0 Å². The van der Waals surface area contributed by atoms with E-state index in [1.165, 1.54) is 5.57 Å². The fourth-order valence-corrected chi connectivity index (χ4v) is 1.37. The second-order valence-corrected chi connectivity index (χ2v) is 3.26. The minimum atomic E-state index is 0.653. The van der Waals surface area contributed by atoms with Gasteiger partial charge in [-0.3, -0.25) is 4.90 Å². The highest BCUT2D eigenvalue weighted by atomic mass is 15.1. The van der Waals surface area contributed by atoms with Gasteiger partial charge in [-0.25, -0.2) is 0 Å². The molecule has 0 aliphatic carbocycles. The fourth-order valence-electron chi connectivity index (χ4n) is 1.37. The maximum absolute atomic E-state index is 5.35. The third-order valence-corrected chi connectivity index (χ3v) is 2.23. The fraction of sp³-hybridized carbons (Fsp3) is 0.600. The normalized spacial score (nSPS) is 20.6. The van der Waals surface area contributed by atoms with E-state index in [9.17, 15) is 0 Å². The van der Waals surface area contributed by atoms with Crippen molar-refractivity contribution < 1.29 is 0 Å². The second-order valence-electron chi connectivity index (χ2n) is 3.26. The molecule has 12 heavy (non-hydrogen) atoms. The summed E-state index contributed by atoms with van der Waals surface area (Å²) < 4.78 is 0. The molecule has 0 spiro atoms. The highest BCUT2D eigenvalue weighted by Gasteiger charge is 2.09. The molecule has 0 radical (unpaired) electrons. The van der Waals surface area contributed by atoms with Crippen molar-refractivity contribution in [1.29, 1.82) is 0 Å². The van der Waals surface area contributed by atoms with Crippen molar-refractivity contribution in [2.24, 2.45) is 5.73 Å². The van der Waals surface area contributed by atoms with Crippen LogP contribution in [0.5, 0.6) is 0 Å². The zero-order valence-electron chi connectivity index (χ0n) is 7.63. The molecule has 68 valence electrons. The third-order valence-electron chi connectivity index (χ3n) is 2.23. The summed E-state index contributed by atoms with van der Waals surface area (Å²) in [6, 6.07) is 0. The first-order chi connectivity index (χ1) is 5.83. The molecule has 1 heterocycles. The average molecular weight is 166 g/mol. The van der Waals surface area contributed by atoms with Crippen LogP contribution in [0.1, 0.15) is 12.8 Å². The van der Waals surface area contributed by atoms with E-state index in [4.69, 9.17) is 5.73 Å². The van der Waals surface area contributed by atoms with E-state index < -0.39 is 0 Å². The largest absolute Gasteiger partial charge is 0.327 e. The average Bonchev–Trinajstić information content (AvgIpc) is 2.09. The number of rotatable bonds is 3. The highest BCUT2D eigenvalue weighted by Crippen LogP contribution is 2.12. The Morgan fingerprint density at radius 2 is 2.00 bits per heavy atom. The molecule has 1 aliphatic rings. The molecule has 0 amide bonds. The Kier molecular flexibility index (Phi) is 4.05. The number of hydrogen-bond acceptors (Lipinski definition) is 2. The van der Waals surface area contributed by atoms with Crippen molar-refractivity contribution in [2.45, 2.75) is 12.8 Å². The predicted octanol–water partition coefficient (Wildman–Crippen LogP) is 1.15. The Labute approximate surface area is 74.7 Å². The molecule has 2 nitrogen and oxygen atoms in total. The zero-order chi connectivity index (χ0) is 8.81. The monoisotopic (exact) mass is 166 g/mol. The Morgan fingerprint density at radius 1 is 1.33 bits per heavy atom. The molecular weight excluding hydrogens is 148 g/mol. The van der Waals surface area contributed by atoms with E-state index in [1.807, 2.05) is 6.08 Å². The van der Waals surface area contributed by atoms with E-state index >= 15 is 0 Å². The third kappa shape index (κ3) is 3.20. The van der Waals surface area contributed by atoms with Gasteiger partial charge >= 0.3 is 0 Å². The Hall–Kier alpha value is -0.600. The van der Waals surface area contributed by atoms with Crippen molar-refractivity contribution in [3.8, 4) is 0 Å². The molecule has 0 bridgehead atoms. The molecule has 1 fully saturated rings. The maximum atomic E-state index is 5.35. The summed E-state index contributed by atoms with van der Waals surface area (Å²) in [6.07, 6.45) is 6.49. The lowest BCUT2D eigenvalue weighted by Gasteiger charge is -2.26. The molecule has 0 atom stereocenters. The van der Waals surface area contributed by atoms with Crippen LogP contribution in [0.2, 0.25) is 0 Å². The highest BCUT2D eigenvalue weighted by molar-refractivity contribution is 5.00. The van der Waals surface area contributed by atoms with Crippen LogP contribution >= 0.6 is 0 Å². The van der Waals surface area contributed by atoms with Crippen LogP contribution in [0, 0.1) is 0 Å². The van der Waals surface area contributed by atoms with Crippen LogP contribution in [0.15, 0.2) is 24.3 Å². The molecule has 0 aromatic carbocycles. The summed E-state index contributed by atoms with van der Waals surface area (Å²) >= 11 is 0. The number of nitrogens with zero attached hydrogens (tertiary/aromatic N) is 1. The van der Waals surface area contributed by atoms with Crippen LogP contribution in [0.4, 0.5) is 0 Å². The quantitative estimate of drug-likeness (QED) is 0.637. The number of likely N-dealkylation sites (tertiary alicyclic amines) is 1. The van der Waals surface area contributed by atoms with Gasteiger partial charge in [0.05, 0.1) is 0 Å². The van der Waals surface area contributed by atoms with E-state index in [1.54, 1.807) is 0 Å². The summed E-state index contributed by atoms with van der Waals surface area (Å²) in [6.45, 7) is 8.00. The van der Waals surface area contributed by atoms with Crippen LogP contribution in [0.25, 0.3) is 0 Å². The van der Waals surface area contributed by atoms with Gasteiger partial charge in [0.2, 0.25) is 0 Å². The molecule has 0 saturated carbocycles. The van der Waals surface area contributed by atoms with E-state index in [2.05, 4.69) is 17.6 Å². The Bertz CT molecular complexity index is 163. The van der Waals surface area contributed by atoms with Gasteiger partial charge in [-0.05, 0) is 12.8 Å². The second kappa shape index (κ2) is 5.12. The smallest absolute Gasteiger partial charge is 0.0163 e. The zero-order valence-corrected chi connectivity index (χ0v) is 7.63. The minimum Gasteiger partial charge on any atom is -0.327 e. The molecule has 1 rings (SSSR count). The summed E-state index contributed by atoms with van der Waals surface area (Å²) in [5.41, 5.74) is 6.74. The van der Waals surface area contributed by atoms with Crippen molar-refractivity contribution in [2.75, 3.05) is 26.2 Å². The first kappa shape index (κ1) is 9.49. The first-order valence-corrected chi connectivity index (χ1v) is 4.57. The molecule has 1 aliphatic heterocycles. The van der Waals surface area contributed by atoms with Crippen molar-refractivity contribution in [3.05, 3.63) is 24.3 Å². The van der Waals surface area contributed by atoms with Gasteiger partial charge in [-0.2, -0.15) is 0 Å². The lowest BCUT2D eigenvalue weighted by atomic mass is 10.1. The van der Waals surface area contributed by atoms with Crippen molar-refractivity contribution in [3.63, 3.8) is 0 Å². The standard InChI is InChI=1S/C10H18N2/c1-10-4-8-12(9-5-10)7-3-2-6-11/h2-3H,1,4-9,11H2/b3-2+.